The second-order valence-electron chi connectivity index (χ2n) is 3.04. The molecule has 0 radical (unpaired) electrons. The van der Waals surface area contributed by atoms with E-state index in [1.165, 1.54) is 6.08 Å². The first-order chi connectivity index (χ1) is 6.24. The molecule has 0 spiro atoms. The van der Waals surface area contributed by atoms with Gasteiger partial charge in [0.15, 0.2) is 5.82 Å². The summed E-state index contributed by atoms with van der Waals surface area (Å²) >= 11 is 0. The van der Waals surface area contributed by atoms with Crippen LogP contribution in [-0.2, 0) is 7.05 Å². The van der Waals surface area contributed by atoms with Crippen LogP contribution in [0, 0.1) is 5.82 Å². The van der Waals surface area contributed by atoms with E-state index in [0.29, 0.717) is 11.1 Å². The molecule has 0 aliphatic heterocycles. The van der Waals surface area contributed by atoms with Gasteiger partial charge in [0, 0.05) is 24.2 Å². The average Bonchev–Trinajstić information content (AvgIpc) is 2.49. The Balaban J connectivity index is 2.91. The van der Waals surface area contributed by atoms with Gasteiger partial charge in [0.05, 0.1) is 5.52 Å². The largest absolute Gasteiger partial charge is 0.348 e. The SMILES string of the molecule is C=Cc1ccc2ccn(C)c2c1F. The highest BCUT2D eigenvalue weighted by Gasteiger charge is 2.07. The van der Waals surface area contributed by atoms with Crippen molar-refractivity contribution in [1.29, 1.82) is 0 Å². The fourth-order valence-electron chi connectivity index (χ4n) is 1.51. The Labute approximate surface area is 76.1 Å². The van der Waals surface area contributed by atoms with Crippen LogP contribution in [0.3, 0.4) is 0 Å². The number of hydrogen-bond donors (Lipinski definition) is 0. The molecule has 0 amide bonds. The Morgan fingerprint density at radius 2 is 2.15 bits per heavy atom. The lowest BCUT2D eigenvalue weighted by Gasteiger charge is -2.01. The number of nitrogens with zero attached hydrogens (tertiary/aromatic N) is 1. The van der Waals surface area contributed by atoms with Crippen molar-refractivity contribution in [3.8, 4) is 0 Å². The number of rotatable bonds is 1. The quantitative estimate of drug-likeness (QED) is 0.628. The highest BCUT2D eigenvalue weighted by atomic mass is 19.1. The van der Waals surface area contributed by atoms with Gasteiger partial charge >= 0.3 is 0 Å². The van der Waals surface area contributed by atoms with Crippen molar-refractivity contribution in [3.63, 3.8) is 0 Å². The minimum atomic E-state index is -0.194. The van der Waals surface area contributed by atoms with Crippen LogP contribution in [0.25, 0.3) is 17.0 Å². The van der Waals surface area contributed by atoms with Crippen molar-refractivity contribution in [2.45, 2.75) is 0 Å². The van der Waals surface area contributed by atoms with Gasteiger partial charge in [-0.15, -0.1) is 0 Å². The van der Waals surface area contributed by atoms with Crippen molar-refractivity contribution in [2.24, 2.45) is 7.05 Å². The molecule has 0 atom stereocenters. The van der Waals surface area contributed by atoms with E-state index in [-0.39, 0.29) is 5.82 Å². The highest BCUT2D eigenvalue weighted by molar-refractivity contribution is 5.83. The van der Waals surface area contributed by atoms with Crippen molar-refractivity contribution >= 4 is 17.0 Å². The second-order valence-corrected chi connectivity index (χ2v) is 3.04. The van der Waals surface area contributed by atoms with Crippen molar-refractivity contribution in [2.75, 3.05) is 0 Å². The Morgan fingerprint density at radius 1 is 1.38 bits per heavy atom. The summed E-state index contributed by atoms with van der Waals surface area (Å²) in [5, 5.41) is 0.922. The van der Waals surface area contributed by atoms with Crippen LogP contribution in [0.15, 0.2) is 31.0 Å². The second kappa shape index (κ2) is 2.73. The van der Waals surface area contributed by atoms with Gasteiger partial charge in [-0.3, -0.25) is 0 Å². The van der Waals surface area contributed by atoms with E-state index in [1.54, 1.807) is 10.6 Å². The number of benzene rings is 1. The number of hydrogen-bond acceptors (Lipinski definition) is 0. The minimum Gasteiger partial charge on any atom is -0.348 e. The van der Waals surface area contributed by atoms with Crippen LogP contribution >= 0.6 is 0 Å². The Kier molecular flexibility index (Phi) is 1.69. The smallest absolute Gasteiger partial charge is 0.154 e. The molecular weight excluding hydrogens is 165 g/mol. The molecule has 1 heterocycles. The fraction of sp³-hybridized carbons (Fsp3) is 0.0909. The lowest BCUT2D eigenvalue weighted by atomic mass is 10.1. The van der Waals surface area contributed by atoms with Gasteiger partial charge in [0.2, 0.25) is 0 Å². The van der Waals surface area contributed by atoms with Crippen LogP contribution < -0.4 is 0 Å². The number of aryl methyl sites for hydroxylation is 1. The summed E-state index contributed by atoms with van der Waals surface area (Å²) in [6.07, 6.45) is 3.38. The monoisotopic (exact) mass is 175 g/mol. The lowest BCUT2D eigenvalue weighted by molar-refractivity contribution is 0.629. The third-order valence-corrected chi connectivity index (χ3v) is 2.23. The molecule has 0 aliphatic rings. The van der Waals surface area contributed by atoms with Crippen LogP contribution in [0.1, 0.15) is 5.56 Å². The van der Waals surface area contributed by atoms with E-state index < -0.39 is 0 Å². The summed E-state index contributed by atoms with van der Waals surface area (Å²) in [5.41, 5.74) is 1.19. The van der Waals surface area contributed by atoms with Crippen molar-refractivity contribution < 1.29 is 4.39 Å². The Bertz CT molecular complexity index is 468. The molecule has 66 valence electrons. The highest BCUT2D eigenvalue weighted by Crippen LogP contribution is 2.21. The lowest BCUT2D eigenvalue weighted by Crippen LogP contribution is -1.90. The zero-order valence-corrected chi connectivity index (χ0v) is 7.42. The molecule has 1 nitrogen and oxygen atoms in total. The molecule has 0 unspecified atom stereocenters. The van der Waals surface area contributed by atoms with E-state index in [4.69, 9.17) is 0 Å². The van der Waals surface area contributed by atoms with Crippen molar-refractivity contribution in [3.05, 3.63) is 42.4 Å². The standard InChI is InChI=1S/C11H10FN/c1-3-8-4-5-9-6-7-13(2)11(9)10(8)12/h3-7H,1H2,2H3. The van der Waals surface area contributed by atoms with Gasteiger partial charge < -0.3 is 4.57 Å². The maximum absolute atomic E-state index is 13.7. The van der Waals surface area contributed by atoms with Crippen LogP contribution in [0.2, 0.25) is 0 Å². The predicted molar refractivity (Wildman–Crippen MR) is 53.0 cm³/mol. The van der Waals surface area contributed by atoms with Crippen molar-refractivity contribution in [1.82, 2.24) is 4.57 Å². The number of fused-ring (bicyclic) bond motifs is 1. The fourth-order valence-corrected chi connectivity index (χ4v) is 1.51. The molecule has 0 N–H and O–H groups in total. The maximum Gasteiger partial charge on any atom is 0.154 e. The molecular formula is C11H10FN. The van der Waals surface area contributed by atoms with Gasteiger partial charge in [0.25, 0.3) is 0 Å². The Hall–Kier alpha value is -1.57. The third-order valence-electron chi connectivity index (χ3n) is 2.23. The minimum absolute atomic E-state index is 0.194. The summed E-state index contributed by atoms with van der Waals surface area (Å²) in [6, 6.07) is 5.53. The molecule has 2 aromatic rings. The number of aromatic nitrogens is 1. The molecule has 0 saturated carbocycles. The zero-order valence-electron chi connectivity index (χ0n) is 7.42. The van der Waals surface area contributed by atoms with Crippen LogP contribution in [0.4, 0.5) is 4.39 Å². The summed E-state index contributed by atoms with van der Waals surface area (Å²) in [7, 11) is 1.83. The molecule has 1 aromatic carbocycles. The molecule has 2 heteroatoms. The number of halogens is 1. The molecule has 0 bridgehead atoms. The van der Waals surface area contributed by atoms with Crippen LogP contribution in [-0.4, -0.2) is 4.57 Å². The normalized spacial score (nSPS) is 10.6. The topological polar surface area (TPSA) is 4.93 Å². The first-order valence-electron chi connectivity index (χ1n) is 4.10. The predicted octanol–water partition coefficient (Wildman–Crippen LogP) is 2.96. The maximum atomic E-state index is 13.7. The summed E-state index contributed by atoms with van der Waals surface area (Å²) in [5.74, 6) is -0.194. The molecule has 0 aliphatic carbocycles. The first kappa shape index (κ1) is 8.05. The van der Waals surface area contributed by atoms with E-state index in [1.807, 2.05) is 25.4 Å². The van der Waals surface area contributed by atoms with E-state index in [2.05, 4.69) is 6.58 Å². The van der Waals surface area contributed by atoms with E-state index >= 15 is 0 Å². The van der Waals surface area contributed by atoms with Gasteiger partial charge in [-0.05, 0) is 6.07 Å². The molecule has 1 aromatic heterocycles. The molecule has 0 saturated heterocycles. The molecule has 13 heavy (non-hydrogen) atoms. The summed E-state index contributed by atoms with van der Waals surface area (Å²) in [6.45, 7) is 3.56. The van der Waals surface area contributed by atoms with E-state index in [0.717, 1.165) is 5.39 Å². The molecule has 0 fully saturated rings. The average molecular weight is 175 g/mol. The summed E-state index contributed by atoms with van der Waals surface area (Å²) in [4.78, 5) is 0. The van der Waals surface area contributed by atoms with Gasteiger partial charge in [-0.25, -0.2) is 4.39 Å². The Morgan fingerprint density at radius 3 is 2.85 bits per heavy atom. The van der Waals surface area contributed by atoms with Crippen LogP contribution in [0.5, 0.6) is 0 Å². The summed E-state index contributed by atoms with van der Waals surface area (Å²) < 4.78 is 15.4. The first-order valence-corrected chi connectivity index (χ1v) is 4.10. The zero-order chi connectivity index (χ0) is 9.42. The molecule has 2 rings (SSSR count). The third kappa shape index (κ3) is 1.06. The van der Waals surface area contributed by atoms with Gasteiger partial charge in [-0.2, -0.15) is 0 Å². The van der Waals surface area contributed by atoms with Gasteiger partial charge in [-0.1, -0.05) is 24.8 Å². The van der Waals surface area contributed by atoms with E-state index in [9.17, 15) is 4.39 Å². The van der Waals surface area contributed by atoms with Gasteiger partial charge in [0.1, 0.15) is 0 Å².